The van der Waals surface area contributed by atoms with Crippen molar-refractivity contribution in [1.82, 2.24) is 0 Å². The topological polar surface area (TPSA) is 57.5 Å². The molecule has 1 fully saturated rings. The van der Waals surface area contributed by atoms with E-state index in [2.05, 4.69) is 0 Å². The summed E-state index contributed by atoms with van der Waals surface area (Å²) in [5.41, 5.74) is 3.17. The number of rotatable bonds is 1. The number of allylic oxidation sites excluding steroid dienone is 2. The Hall–Kier alpha value is -1.09. The maximum Gasteiger partial charge on any atom is 0.331 e. The molecule has 0 aliphatic heterocycles. The second kappa shape index (κ2) is 2.95. The summed E-state index contributed by atoms with van der Waals surface area (Å²) >= 11 is 0. The van der Waals surface area contributed by atoms with Gasteiger partial charge in [-0.2, -0.15) is 0 Å². The van der Waals surface area contributed by atoms with Crippen molar-refractivity contribution >= 4 is 5.97 Å². The molecule has 0 unspecified atom stereocenters. The van der Waals surface area contributed by atoms with Crippen LogP contribution in [-0.2, 0) is 4.79 Å². The maximum absolute atomic E-state index is 10.9. The van der Waals surface area contributed by atoms with E-state index < -0.39 is 5.97 Å². The van der Waals surface area contributed by atoms with Gasteiger partial charge in [-0.1, -0.05) is 17.2 Å². The fourth-order valence-electron chi connectivity index (χ4n) is 3.39. The van der Waals surface area contributed by atoms with E-state index in [0.29, 0.717) is 17.9 Å². The zero-order chi connectivity index (χ0) is 10.6. The number of hydrogen-bond acceptors (Lipinski definition) is 2. The number of hydrogen-bond donors (Lipinski definition) is 2. The molecule has 80 valence electrons. The van der Waals surface area contributed by atoms with Gasteiger partial charge in [0, 0.05) is 17.9 Å². The second-order valence-corrected chi connectivity index (χ2v) is 4.81. The zero-order valence-corrected chi connectivity index (χ0v) is 8.44. The van der Waals surface area contributed by atoms with E-state index in [-0.39, 0.29) is 12.0 Å². The number of carbonyl (C=O) groups is 1. The smallest absolute Gasteiger partial charge is 0.331 e. The van der Waals surface area contributed by atoms with Crippen molar-refractivity contribution in [3.05, 3.63) is 22.8 Å². The van der Waals surface area contributed by atoms with Crippen LogP contribution in [0.3, 0.4) is 0 Å². The summed E-state index contributed by atoms with van der Waals surface area (Å²) in [5, 5.41) is 18.7. The van der Waals surface area contributed by atoms with Gasteiger partial charge in [-0.3, -0.25) is 0 Å². The Kier molecular flexibility index (Phi) is 1.80. The Bertz CT molecular complexity index is 392. The fraction of sp³-hybridized carbons (Fsp3) is 0.583. The monoisotopic (exact) mass is 206 g/mol. The Morgan fingerprint density at radius 1 is 1.33 bits per heavy atom. The highest BCUT2D eigenvalue weighted by Crippen LogP contribution is 2.53. The molecule has 1 saturated carbocycles. The van der Waals surface area contributed by atoms with Crippen molar-refractivity contribution in [2.24, 2.45) is 11.8 Å². The van der Waals surface area contributed by atoms with E-state index in [0.717, 1.165) is 19.3 Å². The fourth-order valence-corrected chi connectivity index (χ4v) is 3.39. The minimum Gasteiger partial charge on any atom is -0.478 e. The molecule has 0 aromatic rings. The molecule has 2 N–H and O–H groups in total. The van der Waals surface area contributed by atoms with Gasteiger partial charge in [-0.25, -0.2) is 4.79 Å². The number of aliphatic hydroxyl groups excluding tert-OH is 1. The van der Waals surface area contributed by atoms with Crippen molar-refractivity contribution in [2.45, 2.75) is 31.8 Å². The summed E-state index contributed by atoms with van der Waals surface area (Å²) in [4.78, 5) is 10.9. The molecule has 3 atom stereocenters. The second-order valence-electron chi connectivity index (χ2n) is 4.81. The molecule has 0 aromatic heterocycles. The molecule has 0 heterocycles. The van der Waals surface area contributed by atoms with Gasteiger partial charge in [-0.05, 0) is 25.2 Å². The molecule has 3 aliphatic rings. The van der Waals surface area contributed by atoms with Gasteiger partial charge in [0.25, 0.3) is 0 Å². The van der Waals surface area contributed by atoms with Gasteiger partial charge in [0.15, 0.2) is 0 Å². The third-order valence-corrected chi connectivity index (χ3v) is 4.11. The lowest BCUT2D eigenvalue weighted by Gasteiger charge is -2.26. The molecular weight excluding hydrogens is 192 g/mol. The third-order valence-electron chi connectivity index (χ3n) is 4.11. The lowest BCUT2D eigenvalue weighted by atomic mass is 9.81. The van der Waals surface area contributed by atoms with Crippen molar-refractivity contribution in [2.75, 3.05) is 0 Å². The predicted octanol–water partition coefficient (Wildman–Crippen LogP) is 1.49. The van der Waals surface area contributed by atoms with Crippen LogP contribution in [0.4, 0.5) is 0 Å². The van der Waals surface area contributed by atoms with Crippen LogP contribution in [0.1, 0.15) is 25.7 Å². The first-order chi connectivity index (χ1) is 7.16. The number of aliphatic carboxylic acids is 1. The van der Waals surface area contributed by atoms with Crippen LogP contribution in [-0.4, -0.2) is 22.3 Å². The van der Waals surface area contributed by atoms with Crippen LogP contribution in [0.15, 0.2) is 22.8 Å². The van der Waals surface area contributed by atoms with E-state index in [9.17, 15) is 9.90 Å². The molecule has 0 saturated heterocycles. The van der Waals surface area contributed by atoms with Gasteiger partial charge < -0.3 is 10.2 Å². The summed E-state index contributed by atoms with van der Waals surface area (Å²) < 4.78 is 0. The van der Waals surface area contributed by atoms with Gasteiger partial charge in [0.05, 0.1) is 6.10 Å². The first-order valence-electron chi connectivity index (χ1n) is 5.49. The van der Waals surface area contributed by atoms with Crippen molar-refractivity contribution in [3.8, 4) is 0 Å². The van der Waals surface area contributed by atoms with E-state index in [1.165, 1.54) is 11.1 Å². The Morgan fingerprint density at radius 2 is 2.13 bits per heavy atom. The molecule has 0 spiro atoms. The van der Waals surface area contributed by atoms with E-state index in [4.69, 9.17) is 5.11 Å². The molecule has 3 nitrogen and oxygen atoms in total. The summed E-state index contributed by atoms with van der Waals surface area (Å²) in [6, 6.07) is 0. The van der Waals surface area contributed by atoms with Crippen LogP contribution in [0.25, 0.3) is 0 Å². The molecule has 2 bridgehead atoms. The first-order valence-corrected chi connectivity index (χ1v) is 5.49. The largest absolute Gasteiger partial charge is 0.478 e. The number of carboxylic acid groups (broad SMARTS) is 1. The molecule has 3 heteroatoms. The molecule has 0 radical (unpaired) electrons. The molecule has 0 amide bonds. The quantitative estimate of drug-likeness (QED) is 0.639. The number of fused-ring (bicyclic) bond motifs is 4. The number of carboxylic acids is 1. The zero-order valence-electron chi connectivity index (χ0n) is 8.44. The highest BCUT2D eigenvalue weighted by molar-refractivity contribution is 5.87. The van der Waals surface area contributed by atoms with Crippen LogP contribution in [0.5, 0.6) is 0 Å². The highest BCUT2D eigenvalue weighted by Gasteiger charge is 2.45. The molecular formula is C12H14O3. The lowest BCUT2D eigenvalue weighted by Crippen LogP contribution is -2.22. The standard InChI is InChI=1S/C12H14O3/c13-11-5-7-4-10(11)9-3-6(12(14)15)1-2-8(7)9/h1,7,10-11,13H,2-5H2,(H,14,15)/t7-,10-,11-/m0/s1. The average molecular weight is 206 g/mol. The molecule has 3 rings (SSSR count). The Morgan fingerprint density at radius 3 is 2.87 bits per heavy atom. The summed E-state index contributed by atoms with van der Waals surface area (Å²) in [5.74, 6) is -0.0153. The van der Waals surface area contributed by atoms with E-state index >= 15 is 0 Å². The van der Waals surface area contributed by atoms with Crippen molar-refractivity contribution in [3.63, 3.8) is 0 Å². The molecule has 3 aliphatic carbocycles. The van der Waals surface area contributed by atoms with E-state index in [1.807, 2.05) is 6.08 Å². The lowest BCUT2D eigenvalue weighted by molar-refractivity contribution is -0.132. The Labute approximate surface area is 88.1 Å². The average Bonchev–Trinajstić information content (AvgIpc) is 2.74. The van der Waals surface area contributed by atoms with Gasteiger partial charge in [0.2, 0.25) is 0 Å². The van der Waals surface area contributed by atoms with Crippen LogP contribution in [0.2, 0.25) is 0 Å². The first kappa shape index (κ1) is 9.16. The predicted molar refractivity (Wildman–Crippen MR) is 54.2 cm³/mol. The summed E-state index contributed by atoms with van der Waals surface area (Å²) in [6.45, 7) is 0. The van der Waals surface area contributed by atoms with Gasteiger partial charge in [0.1, 0.15) is 0 Å². The number of aliphatic hydroxyl groups is 1. The third kappa shape index (κ3) is 1.19. The molecule has 0 aromatic carbocycles. The van der Waals surface area contributed by atoms with Crippen LogP contribution >= 0.6 is 0 Å². The summed E-state index contributed by atoms with van der Waals surface area (Å²) in [7, 11) is 0. The van der Waals surface area contributed by atoms with Crippen LogP contribution < -0.4 is 0 Å². The van der Waals surface area contributed by atoms with Crippen LogP contribution in [0, 0.1) is 11.8 Å². The maximum atomic E-state index is 10.9. The van der Waals surface area contributed by atoms with Gasteiger partial charge in [-0.15, -0.1) is 0 Å². The van der Waals surface area contributed by atoms with Gasteiger partial charge >= 0.3 is 5.97 Å². The Balaban J connectivity index is 1.89. The summed E-state index contributed by atoms with van der Waals surface area (Å²) in [6.07, 6.45) is 4.91. The van der Waals surface area contributed by atoms with Crippen molar-refractivity contribution < 1.29 is 15.0 Å². The van der Waals surface area contributed by atoms with Crippen molar-refractivity contribution in [1.29, 1.82) is 0 Å². The molecule has 15 heavy (non-hydrogen) atoms. The SMILES string of the molecule is O=C(O)C1=CCC2=C(C1)[C@@H]1C[C@H]2C[C@@H]1O. The minimum atomic E-state index is -0.807. The van der Waals surface area contributed by atoms with E-state index in [1.54, 1.807) is 0 Å². The minimum absolute atomic E-state index is 0.220. The normalized spacial score (nSPS) is 37.9. The highest BCUT2D eigenvalue weighted by atomic mass is 16.4.